The minimum Gasteiger partial charge on any atom is -0.376 e. The molecular formula is C14H16FN7OS. The van der Waals surface area contributed by atoms with E-state index in [9.17, 15) is 9.18 Å². The van der Waals surface area contributed by atoms with Crippen molar-refractivity contribution in [2.24, 2.45) is 21.2 Å². The molecular weight excluding hydrogens is 333 g/mol. The SMILES string of the molecule is NC(=S)NC(c1ccc(N2CCNC(=O)C2)c(F)c1)C1C=NN=N1. The van der Waals surface area contributed by atoms with Crippen molar-refractivity contribution in [2.45, 2.75) is 12.1 Å². The largest absolute Gasteiger partial charge is 0.376 e. The molecule has 0 bridgehead atoms. The van der Waals surface area contributed by atoms with Crippen LogP contribution in [-0.2, 0) is 4.79 Å². The van der Waals surface area contributed by atoms with Crippen LogP contribution in [-0.4, -0.2) is 42.9 Å². The van der Waals surface area contributed by atoms with E-state index in [0.29, 0.717) is 24.3 Å². The van der Waals surface area contributed by atoms with Gasteiger partial charge in [0.25, 0.3) is 0 Å². The molecule has 1 fully saturated rings. The third kappa shape index (κ3) is 3.48. The predicted octanol–water partition coefficient (Wildman–Crippen LogP) is 0.456. The minimum absolute atomic E-state index is 0.0766. The van der Waals surface area contributed by atoms with Gasteiger partial charge in [-0.25, -0.2) is 4.39 Å². The number of hydrogen-bond acceptors (Lipinski definition) is 6. The van der Waals surface area contributed by atoms with Crippen molar-refractivity contribution in [3.8, 4) is 0 Å². The Hall–Kier alpha value is -2.62. The van der Waals surface area contributed by atoms with Crippen molar-refractivity contribution in [1.82, 2.24) is 10.6 Å². The fraction of sp³-hybridized carbons (Fsp3) is 0.357. The fourth-order valence-electron chi connectivity index (χ4n) is 2.71. The molecule has 126 valence electrons. The molecule has 2 heterocycles. The zero-order valence-electron chi connectivity index (χ0n) is 12.6. The van der Waals surface area contributed by atoms with Crippen LogP contribution in [0.25, 0.3) is 0 Å². The molecule has 0 spiro atoms. The number of carbonyl (C=O) groups excluding carboxylic acids is 1. The first-order valence-corrected chi connectivity index (χ1v) is 7.76. The van der Waals surface area contributed by atoms with Gasteiger partial charge in [-0.3, -0.25) is 4.79 Å². The highest BCUT2D eigenvalue weighted by molar-refractivity contribution is 7.80. The van der Waals surface area contributed by atoms with Crippen LogP contribution in [0.2, 0.25) is 0 Å². The first kappa shape index (κ1) is 16.2. The van der Waals surface area contributed by atoms with Crippen molar-refractivity contribution < 1.29 is 9.18 Å². The molecule has 0 aromatic heterocycles. The molecule has 1 aromatic rings. The van der Waals surface area contributed by atoms with E-state index in [1.165, 1.54) is 12.3 Å². The van der Waals surface area contributed by atoms with Gasteiger partial charge in [-0.05, 0) is 35.1 Å². The molecule has 2 unspecified atom stereocenters. The lowest BCUT2D eigenvalue weighted by atomic mass is 9.99. The summed E-state index contributed by atoms with van der Waals surface area (Å²) < 4.78 is 14.6. The average Bonchev–Trinajstić information content (AvgIpc) is 3.06. The van der Waals surface area contributed by atoms with Gasteiger partial charge in [0.15, 0.2) is 5.11 Å². The van der Waals surface area contributed by atoms with Crippen molar-refractivity contribution in [3.05, 3.63) is 29.6 Å². The summed E-state index contributed by atoms with van der Waals surface area (Å²) in [5.41, 5.74) is 6.55. The number of nitrogens with one attached hydrogen (secondary N) is 2. The van der Waals surface area contributed by atoms with Crippen LogP contribution in [0.15, 0.2) is 33.6 Å². The third-order valence-electron chi connectivity index (χ3n) is 3.81. The Morgan fingerprint density at radius 2 is 2.38 bits per heavy atom. The summed E-state index contributed by atoms with van der Waals surface area (Å²) in [6.07, 6.45) is 1.54. The van der Waals surface area contributed by atoms with Crippen LogP contribution in [0, 0.1) is 5.82 Å². The van der Waals surface area contributed by atoms with Crippen LogP contribution < -0.4 is 21.3 Å². The summed E-state index contributed by atoms with van der Waals surface area (Å²) in [6, 6.07) is 3.89. The zero-order valence-corrected chi connectivity index (χ0v) is 13.5. The van der Waals surface area contributed by atoms with Gasteiger partial charge in [0.2, 0.25) is 5.91 Å². The lowest BCUT2D eigenvalue weighted by Crippen LogP contribution is -2.48. The molecule has 10 heteroatoms. The maximum atomic E-state index is 14.6. The Morgan fingerprint density at radius 1 is 1.54 bits per heavy atom. The quantitative estimate of drug-likeness (QED) is 0.685. The summed E-state index contributed by atoms with van der Waals surface area (Å²) in [4.78, 5) is 13.2. The highest BCUT2D eigenvalue weighted by Gasteiger charge is 2.26. The van der Waals surface area contributed by atoms with Gasteiger partial charge in [-0.15, -0.1) is 5.10 Å². The van der Waals surface area contributed by atoms with Gasteiger partial charge < -0.3 is 21.3 Å². The fourth-order valence-corrected chi connectivity index (χ4v) is 2.83. The number of benzene rings is 1. The lowest BCUT2D eigenvalue weighted by Gasteiger charge is -2.29. The number of carbonyl (C=O) groups is 1. The number of nitrogens with zero attached hydrogens (tertiary/aromatic N) is 4. The van der Waals surface area contributed by atoms with Gasteiger partial charge in [0.1, 0.15) is 11.9 Å². The summed E-state index contributed by atoms with van der Waals surface area (Å²) in [6.45, 7) is 1.18. The summed E-state index contributed by atoms with van der Waals surface area (Å²) in [5.74, 6) is -0.552. The molecule has 0 aliphatic carbocycles. The van der Waals surface area contributed by atoms with Gasteiger partial charge in [-0.1, -0.05) is 6.07 Å². The lowest BCUT2D eigenvalue weighted by molar-refractivity contribution is -0.120. The Bertz CT molecular complexity index is 711. The van der Waals surface area contributed by atoms with E-state index in [1.807, 2.05) is 0 Å². The molecule has 0 radical (unpaired) electrons. The van der Waals surface area contributed by atoms with E-state index in [-0.39, 0.29) is 17.6 Å². The van der Waals surface area contributed by atoms with Crippen LogP contribution in [0.1, 0.15) is 11.6 Å². The van der Waals surface area contributed by atoms with Gasteiger partial charge in [0, 0.05) is 13.1 Å². The minimum atomic E-state index is -0.467. The highest BCUT2D eigenvalue weighted by atomic mass is 32.1. The van der Waals surface area contributed by atoms with Crippen LogP contribution in [0.3, 0.4) is 0 Å². The Balaban J connectivity index is 1.86. The summed E-state index contributed by atoms with van der Waals surface area (Å²) >= 11 is 4.88. The summed E-state index contributed by atoms with van der Waals surface area (Å²) in [5, 5.41) is 16.9. The number of anilines is 1. The van der Waals surface area contributed by atoms with E-state index < -0.39 is 17.9 Å². The first-order valence-electron chi connectivity index (χ1n) is 7.35. The van der Waals surface area contributed by atoms with Gasteiger partial charge >= 0.3 is 0 Å². The Labute approximate surface area is 143 Å². The normalized spacial score (nSPS) is 20.8. The number of halogens is 1. The predicted molar refractivity (Wildman–Crippen MR) is 91.4 cm³/mol. The number of rotatable bonds is 4. The van der Waals surface area contributed by atoms with Crippen molar-refractivity contribution in [3.63, 3.8) is 0 Å². The molecule has 3 rings (SSSR count). The Morgan fingerprint density at radius 3 is 3.00 bits per heavy atom. The third-order valence-corrected chi connectivity index (χ3v) is 3.92. The maximum Gasteiger partial charge on any atom is 0.239 e. The van der Waals surface area contributed by atoms with E-state index in [1.54, 1.807) is 17.0 Å². The first-order chi connectivity index (χ1) is 11.5. The molecule has 24 heavy (non-hydrogen) atoms. The number of amides is 1. The monoisotopic (exact) mass is 349 g/mol. The highest BCUT2D eigenvalue weighted by Crippen LogP contribution is 2.27. The van der Waals surface area contributed by atoms with E-state index >= 15 is 0 Å². The molecule has 8 nitrogen and oxygen atoms in total. The van der Waals surface area contributed by atoms with E-state index in [4.69, 9.17) is 18.0 Å². The molecule has 4 N–H and O–H groups in total. The topological polar surface area (TPSA) is 107 Å². The molecule has 2 aliphatic heterocycles. The second-order valence-corrected chi connectivity index (χ2v) is 5.87. The van der Waals surface area contributed by atoms with Crippen LogP contribution in [0.4, 0.5) is 10.1 Å². The van der Waals surface area contributed by atoms with E-state index in [2.05, 4.69) is 26.1 Å². The molecule has 1 amide bonds. The smallest absolute Gasteiger partial charge is 0.239 e. The number of nitrogens with two attached hydrogens (primary N) is 1. The second-order valence-electron chi connectivity index (χ2n) is 5.43. The molecule has 2 atom stereocenters. The van der Waals surface area contributed by atoms with Gasteiger partial charge in [-0.2, -0.15) is 5.11 Å². The molecule has 1 saturated heterocycles. The summed E-state index contributed by atoms with van der Waals surface area (Å²) in [7, 11) is 0. The molecule has 0 saturated carbocycles. The molecule has 2 aliphatic rings. The second kappa shape index (κ2) is 6.87. The number of thiocarbonyl (C=S) groups is 1. The van der Waals surface area contributed by atoms with Crippen molar-refractivity contribution in [2.75, 3.05) is 24.5 Å². The van der Waals surface area contributed by atoms with E-state index in [0.717, 1.165) is 0 Å². The number of piperazine rings is 1. The average molecular weight is 349 g/mol. The zero-order chi connectivity index (χ0) is 17.1. The standard InChI is InChI=1S/C14H16FN7OS/c15-9-5-8(13(19-14(16)24)10-6-18-21-20-10)1-2-11(9)22-4-3-17-12(23)7-22/h1-2,5-6,10,13H,3-4,7H2,(H,17,23)(H3,16,19,24). The maximum absolute atomic E-state index is 14.6. The van der Waals surface area contributed by atoms with Gasteiger partial charge in [0.05, 0.1) is 24.5 Å². The van der Waals surface area contributed by atoms with Crippen molar-refractivity contribution >= 4 is 35.1 Å². The van der Waals surface area contributed by atoms with Crippen molar-refractivity contribution in [1.29, 1.82) is 0 Å². The van der Waals surface area contributed by atoms with Crippen LogP contribution >= 0.6 is 12.2 Å². The Kier molecular flexibility index (Phi) is 4.65. The molecule has 1 aromatic carbocycles. The van der Waals surface area contributed by atoms with Crippen LogP contribution in [0.5, 0.6) is 0 Å². The number of hydrogen-bond donors (Lipinski definition) is 3.